The van der Waals surface area contributed by atoms with Gasteiger partial charge < -0.3 is 0 Å². The SMILES string of the molecule is Cc1ccc(-c2cc(-c3ccccc3)cc(-c3ccc(-c4cc(-c5ccccc5)cc(-c5cc(C)cc(C)c5)c4)cc3)c2)cc1. The second-order valence-electron chi connectivity index (χ2n) is 12.1. The molecule has 0 aliphatic heterocycles. The second kappa shape index (κ2) is 12.3. The van der Waals surface area contributed by atoms with E-state index in [0.717, 1.165) is 0 Å². The molecule has 0 heterocycles. The molecule has 216 valence electrons. The third-order valence-electron chi connectivity index (χ3n) is 8.57. The van der Waals surface area contributed by atoms with Crippen LogP contribution in [0.2, 0.25) is 0 Å². The lowest BCUT2D eigenvalue weighted by atomic mass is 9.90. The molecule has 0 aliphatic rings. The molecule has 0 bridgehead atoms. The van der Waals surface area contributed by atoms with Crippen molar-refractivity contribution in [2.24, 2.45) is 0 Å². The van der Waals surface area contributed by atoms with Crippen LogP contribution >= 0.6 is 0 Å². The van der Waals surface area contributed by atoms with Gasteiger partial charge in [-0.1, -0.05) is 144 Å². The van der Waals surface area contributed by atoms with Crippen LogP contribution in [-0.4, -0.2) is 0 Å². The average molecular weight is 577 g/mol. The van der Waals surface area contributed by atoms with Gasteiger partial charge >= 0.3 is 0 Å². The summed E-state index contributed by atoms with van der Waals surface area (Å²) in [6.45, 7) is 6.49. The highest BCUT2D eigenvalue weighted by Crippen LogP contribution is 2.36. The third kappa shape index (κ3) is 6.28. The van der Waals surface area contributed by atoms with E-state index in [4.69, 9.17) is 0 Å². The summed E-state index contributed by atoms with van der Waals surface area (Å²) in [5.41, 5.74) is 18.5. The van der Waals surface area contributed by atoms with Gasteiger partial charge in [-0.25, -0.2) is 0 Å². The van der Waals surface area contributed by atoms with Crippen LogP contribution in [0.1, 0.15) is 16.7 Å². The van der Waals surface area contributed by atoms with Crippen LogP contribution in [0.5, 0.6) is 0 Å². The topological polar surface area (TPSA) is 0 Å². The summed E-state index contributed by atoms with van der Waals surface area (Å²) < 4.78 is 0. The molecule has 0 radical (unpaired) electrons. The summed E-state index contributed by atoms with van der Waals surface area (Å²) in [7, 11) is 0. The van der Waals surface area contributed by atoms with Gasteiger partial charge in [-0.05, 0) is 124 Å². The molecular weight excluding hydrogens is 540 g/mol. The Balaban J connectivity index is 1.31. The number of benzene rings is 7. The maximum absolute atomic E-state index is 2.33. The molecule has 7 aromatic carbocycles. The normalized spacial score (nSPS) is 11.0. The van der Waals surface area contributed by atoms with Crippen molar-refractivity contribution < 1.29 is 0 Å². The fourth-order valence-electron chi connectivity index (χ4n) is 6.26. The Morgan fingerprint density at radius 3 is 0.822 bits per heavy atom. The highest BCUT2D eigenvalue weighted by molar-refractivity contribution is 5.84. The fraction of sp³-hybridized carbons (Fsp3) is 0.0667. The van der Waals surface area contributed by atoms with E-state index in [9.17, 15) is 0 Å². The van der Waals surface area contributed by atoms with Gasteiger partial charge in [0.05, 0.1) is 0 Å². The Morgan fingerprint density at radius 1 is 0.200 bits per heavy atom. The first kappa shape index (κ1) is 28.3. The standard InChI is InChI=1S/C45H36/c1-31-14-16-36(17-15-31)42-25-40(34-10-6-4-7-11-34)26-43(28-42)37-18-20-38(21-19-37)44-27-41(35-12-8-5-9-13-35)29-45(30-44)39-23-32(2)22-33(3)24-39/h4-30H,1-3H3. The molecule has 0 nitrogen and oxygen atoms in total. The molecular formula is C45H36. The van der Waals surface area contributed by atoms with Crippen molar-refractivity contribution in [1.82, 2.24) is 0 Å². The lowest BCUT2D eigenvalue weighted by Crippen LogP contribution is -1.89. The minimum absolute atomic E-state index is 1.21. The summed E-state index contributed by atoms with van der Waals surface area (Å²) in [4.78, 5) is 0. The molecule has 0 atom stereocenters. The van der Waals surface area contributed by atoms with Crippen LogP contribution in [0.25, 0.3) is 66.8 Å². The minimum atomic E-state index is 1.21. The highest BCUT2D eigenvalue weighted by Gasteiger charge is 2.11. The summed E-state index contributed by atoms with van der Waals surface area (Å²) in [5.74, 6) is 0. The monoisotopic (exact) mass is 576 g/mol. The molecule has 0 aliphatic carbocycles. The maximum atomic E-state index is 2.33. The molecule has 0 aromatic heterocycles. The third-order valence-corrected chi connectivity index (χ3v) is 8.57. The van der Waals surface area contributed by atoms with Crippen molar-refractivity contribution in [1.29, 1.82) is 0 Å². The van der Waals surface area contributed by atoms with E-state index in [1.54, 1.807) is 0 Å². The molecule has 0 saturated carbocycles. The maximum Gasteiger partial charge on any atom is -0.0171 e. The van der Waals surface area contributed by atoms with Crippen LogP contribution in [0, 0.1) is 20.8 Å². The largest absolute Gasteiger partial charge is 0.0622 e. The molecule has 0 N–H and O–H groups in total. The summed E-state index contributed by atoms with van der Waals surface area (Å²) in [6, 6.07) is 60.0. The number of aryl methyl sites for hydroxylation is 3. The van der Waals surface area contributed by atoms with Gasteiger partial charge in [0.25, 0.3) is 0 Å². The minimum Gasteiger partial charge on any atom is -0.0622 e. The molecule has 0 spiro atoms. The van der Waals surface area contributed by atoms with Crippen molar-refractivity contribution in [2.45, 2.75) is 20.8 Å². The molecule has 0 fully saturated rings. The van der Waals surface area contributed by atoms with Crippen LogP contribution < -0.4 is 0 Å². The van der Waals surface area contributed by atoms with E-state index >= 15 is 0 Å². The first-order valence-corrected chi connectivity index (χ1v) is 15.7. The van der Waals surface area contributed by atoms with Crippen LogP contribution in [-0.2, 0) is 0 Å². The Morgan fingerprint density at radius 2 is 0.467 bits per heavy atom. The number of hydrogen-bond acceptors (Lipinski definition) is 0. The predicted molar refractivity (Wildman–Crippen MR) is 193 cm³/mol. The van der Waals surface area contributed by atoms with Gasteiger partial charge in [-0.15, -0.1) is 0 Å². The molecule has 7 rings (SSSR count). The van der Waals surface area contributed by atoms with Crippen molar-refractivity contribution in [3.8, 4) is 66.8 Å². The molecule has 0 amide bonds. The van der Waals surface area contributed by atoms with Crippen molar-refractivity contribution in [2.75, 3.05) is 0 Å². The van der Waals surface area contributed by atoms with E-state index < -0.39 is 0 Å². The van der Waals surface area contributed by atoms with Gasteiger partial charge in [0.2, 0.25) is 0 Å². The lowest BCUT2D eigenvalue weighted by Gasteiger charge is -2.14. The second-order valence-corrected chi connectivity index (χ2v) is 12.1. The van der Waals surface area contributed by atoms with Gasteiger partial charge in [0.1, 0.15) is 0 Å². The van der Waals surface area contributed by atoms with E-state index in [1.807, 2.05) is 0 Å². The van der Waals surface area contributed by atoms with Gasteiger partial charge in [0, 0.05) is 0 Å². The number of rotatable bonds is 6. The van der Waals surface area contributed by atoms with Crippen LogP contribution in [0.3, 0.4) is 0 Å². The zero-order valence-electron chi connectivity index (χ0n) is 26.1. The smallest absolute Gasteiger partial charge is 0.0171 e. The number of hydrogen-bond donors (Lipinski definition) is 0. The van der Waals surface area contributed by atoms with Crippen molar-refractivity contribution in [3.63, 3.8) is 0 Å². The van der Waals surface area contributed by atoms with Gasteiger partial charge in [-0.2, -0.15) is 0 Å². The average Bonchev–Trinajstić information content (AvgIpc) is 3.08. The molecule has 0 heteroatoms. The van der Waals surface area contributed by atoms with E-state index in [-0.39, 0.29) is 0 Å². The van der Waals surface area contributed by atoms with E-state index in [1.165, 1.54) is 83.5 Å². The summed E-state index contributed by atoms with van der Waals surface area (Å²) >= 11 is 0. The van der Waals surface area contributed by atoms with Crippen molar-refractivity contribution >= 4 is 0 Å². The lowest BCUT2D eigenvalue weighted by molar-refractivity contribution is 1.38. The zero-order valence-corrected chi connectivity index (χ0v) is 26.1. The predicted octanol–water partition coefficient (Wildman–Crippen LogP) is 12.6. The van der Waals surface area contributed by atoms with E-state index in [0.29, 0.717) is 0 Å². The first-order chi connectivity index (χ1) is 22.0. The first-order valence-electron chi connectivity index (χ1n) is 15.7. The Kier molecular flexibility index (Phi) is 7.72. The fourth-order valence-corrected chi connectivity index (χ4v) is 6.26. The Bertz CT molecular complexity index is 2060. The molecule has 7 aromatic rings. The van der Waals surface area contributed by atoms with Crippen molar-refractivity contribution in [3.05, 3.63) is 180 Å². The van der Waals surface area contributed by atoms with Gasteiger partial charge in [-0.3, -0.25) is 0 Å². The zero-order chi connectivity index (χ0) is 30.8. The van der Waals surface area contributed by atoms with Crippen LogP contribution in [0.15, 0.2) is 164 Å². The highest BCUT2D eigenvalue weighted by atomic mass is 14.2. The molecule has 45 heavy (non-hydrogen) atoms. The molecule has 0 saturated heterocycles. The Hall–Kier alpha value is -5.46. The Labute approximate surface area is 267 Å². The summed E-state index contributed by atoms with van der Waals surface area (Å²) in [5, 5.41) is 0. The van der Waals surface area contributed by atoms with E-state index in [2.05, 4.69) is 185 Å². The molecule has 0 unspecified atom stereocenters. The quantitative estimate of drug-likeness (QED) is 0.185. The van der Waals surface area contributed by atoms with Gasteiger partial charge in [0.15, 0.2) is 0 Å². The summed E-state index contributed by atoms with van der Waals surface area (Å²) in [6.07, 6.45) is 0. The van der Waals surface area contributed by atoms with Crippen LogP contribution in [0.4, 0.5) is 0 Å².